The van der Waals surface area contributed by atoms with Crippen LogP contribution in [0.25, 0.3) is 0 Å². The van der Waals surface area contributed by atoms with E-state index in [2.05, 4.69) is 36.6 Å². The summed E-state index contributed by atoms with van der Waals surface area (Å²) in [7, 11) is 0. The third-order valence-corrected chi connectivity index (χ3v) is 3.83. The molecule has 0 bridgehead atoms. The van der Waals surface area contributed by atoms with Gasteiger partial charge in [0.1, 0.15) is 5.82 Å². The summed E-state index contributed by atoms with van der Waals surface area (Å²) in [6.45, 7) is 0.722. The molecule has 0 unspecified atom stereocenters. The molecular weight excluding hydrogens is 290 g/mol. The Morgan fingerprint density at radius 2 is 2.31 bits per heavy atom. The van der Waals surface area contributed by atoms with Crippen LogP contribution in [0.3, 0.4) is 0 Å². The zero-order valence-corrected chi connectivity index (χ0v) is 10.7. The molecule has 5 nitrogen and oxygen atoms in total. The fraction of sp³-hybridized carbons (Fsp3) is 0.111. The molecule has 0 fully saturated rings. The first-order valence-corrected chi connectivity index (χ1v) is 6.22. The van der Waals surface area contributed by atoms with Crippen LogP contribution in [0.1, 0.15) is 4.88 Å². The van der Waals surface area contributed by atoms with E-state index in [9.17, 15) is 0 Å². The van der Waals surface area contributed by atoms with Crippen molar-refractivity contribution in [2.45, 2.75) is 6.54 Å². The Kier molecular flexibility index (Phi) is 3.70. The third-order valence-electron chi connectivity index (χ3n) is 1.91. The van der Waals surface area contributed by atoms with Crippen molar-refractivity contribution >= 4 is 39.0 Å². The first kappa shape index (κ1) is 11.3. The van der Waals surface area contributed by atoms with Gasteiger partial charge in [0.2, 0.25) is 5.95 Å². The Bertz CT molecular complexity index is 472. The molecule has 0 aliphatic carbocycles. The van der Waals surface area contributed by atoms with Gasteiger partial charge in [-0.05, 0) is 33.4 Å². The van der Waals surface area contributed by atoms with E-state index in [1.54, 1.807) is 23.6 Å². The lowest BCUT2D eigenvalue weighted by Gasteiger charge is -2.05. The van der Waals surface area contributed by atoms with Crippen molar-refractivity contribution in [2.24, 2.45) is 5.84 Å². The van der Waals surface area contributed by atoms with Gasteiger partial charge in [-0.3, -0.25) is 5.43 Å². The van der Waals surface area contributed by atoms with Crippen molar-refractivity contribution in [3.05, 3.63) is 33.1 Å². The van der Waals surface area contributed by atoms with E-state index in [-0.39, 0.29) is 0 Å². The minimum absolute atomic E-state index is 0.398. The first-order valence-electron chi connectivity index (χ1n) is 4.55. The molecule has 0 radical (unpaired) electrons. The van der Waals surface area contributed by atoms with Gasteiger partial charge in [0, 0.05) is 15.5 Å². The number of hydrogen-bond donors (Lipinski definition) is 3. The molecule has 84 valence electrons. The number of hydrazine groups is 1. The predicted octanol–water partition coefficient (Wildman–Crippen LogP) is 2.20. The van der Waals surface area contributed by atoms with E-state index in [1.807, 2.05) is 11.4 Å². The van der Waals surface area contributed by atoms with Crippen molar-refractivity contribution in [2.75, 3.05) is 10.7 Å². The van der Waals surface area contributed by atoms with Gasteiger partial charge < -0.3 is 5.32 Å². The molecule has 0 saturated carbocycles. The van der Waals surface area contributed by atoms with Crippen LogP contribution in [0, 0.1) is 0 Å². The lowest BCUT2D eigenvalue weighted by Crippen LogP contribution is -2.11. The van der Waals surface area contributed by atoms with Crippen LogP contribution in [0.2, 0.25) is 0 Å². The van der Waals surface area contributed by atoms with Gasteiger partial charge in [-0.1, -0.05) is 0 Å². The smallest absolute Gasteiger partial charge is 0.239 e. The fourth-order valence-electron chi connectivity index (χ4n) is 1.15. The number of aromatic nitrogens is 2. The number of nitrogen functional groups attached to an aromatic ring is 1. The van der Waals surface area contributed by atoms with Crippen LogP contribution in [-0.4, -0.2) is 9.97 Å². The second kappa shape index (κ2) is 5.24. The molecule has 0 aliphatic rings. The van der Waals surface area contributed by atoms with Crippen molar-refractivity contribution in [3.63, 3.8) is 0 Å². The highest BCUT2D eigenvalue weighted by molar-refractivity contribution is 9.10. The summed E-state index contributed by atoms with van der Waals surface area (Å²) in [5.41, 5.74) is 2.40. The molecular formula is C9H10BrN5S. The van der Waals surface area contributed by atoms with Crippen LogP contribution < -0.4 is 16.6 Å². The number of rotatable bonds is 4. The molecule has 0 spiro atoms. The maximum absolute atomic E-state index is 5.23. The van der Waals surface area contributed by atoms with Crippen LogP contribution in [-0.2, 0) is 6.54 Å². The minimum Gasteiger partial charge on any atom is -0.365 e. The second-order valence-corrected chi connectivity index (χ2v) is 4.81. The van der Waals surface area contributed by atoms with E-state index >= 15 is 0 Å². The largest absolute Gasteiger partial charge is 0.365 e. The highest BCUT2D eigenvalue weighted by Gasteiger charge is 2.02. The number of thiophene rings is 1. The maximum atomic E-state index is 5.23. The Balaban J connectivity index is 2.02. The zero-order valence-electron chi connectivity index (χ0n) is 8.27. The van der Waals surface area contributed by atoms with Crippen LogP contribution in [0.5, 0.6) is 0 Å². The van der Waals surface area contributed by atoms with Crippen LogP contribution >= 0.6 is 27.3 Å². The number of hydrogen-bond acceptors (Lipinski definition) is 6. The molecule has 2 heterocycles. The summed E-state index contributed by atoms with van der Waals surface area (Å²) in [5, 5.41) is 5.23. The van der Waals surface area contributed by atoms with E-state index < -0.39 is 0 Å². The number of nitrogens with one attached hydrogen (secondary N) is 2. The molecule has 2 aromatic rings. The van der Waals surface area contributed by atoms with Gasteiger partial charge in [-0.2, -0.15) is 4.98 Å². The normalized spacial score (nSPS) is 10.1. The molecule has 0 aliphatic heterocycles. The molecule has 2 aromatic heterocycles. The molecule has 7 heteroatoms. The van der Waals surface area contributed by atoms with Crippen LogP contribution in [0.15, 0.2) is 28.2 Å². The summed E-state index contributed by atoms with van der Waals surface area (Å²) in [5.74, 6) is 6.36. The summed E-state index contributed by atoms with van der Waals surface area (Å²) >= 11 is 5.16. The number of nitrogens with zero attached hydrogens (tertiary/aromatic N) is 2. The molecule has 16 heavy (non-hydrogen) atoms. The van der Waals surface area contributed by atoms with E-state index in [4.69, 9.17) is 5.84 Å². The highest BCUT2D eigenvalue weighted by atomic mass is 79.9. The summed E-state index contributed by atoms with van der Waals surface area (Å²) < 4.78 is 1.11. The number of anilines is 2. The Morgan fingerprint density at radius 3 is 3.00 bits per heavy atom. The molecule has 0 saturated heterocycles. The van der Waals surface area contributed by atoms with E-state index in [0.29, 0.717) is 5.95 Å². The third kappa shape index (κ3) is 2.69. The highest BCUT2D eigenvalue weighted by Crippen LogP contribution is 2.23. The maximum Gasteiger partial charge on any atom is 0.239 e. The molecule has 0 amide bonds. The molecule has 0 aromatic carbocycles. The van der Waals surface area contributed by atoms with Gasteiger partial charge >= 0.3 is 0 Å². The first-order chi connectivity index (χ1) is 7.79. The SMILES string of the molecule is NNc1nccc(NCc2sccc2Br)n1. The van der Waals surface area contributed by atoms with Crippen molar-refractivity contribution in [1.29, 1.82) is 0 Å². The van der Waals surface area contributed by atoms with Gasteiger partial charge in [0.05, 0.1) is 6.54 Å². The van der Waals surface area contributed by atoms with E-state index in [1.165, 1.54) is 4.88 Å². The summed E-state index contributed by atoms with van der Waals surface area (Å²) in [6.07, 6.45) is 1.65. The van der Waals surface area contributed by atoms with Crippen LogP contribution in [0.4, 0.5) is 11.8 Å². The van der Waals surface area contributed by atoms with Gasteiger partial charge in [-0.25, -0.2) is 10.8 Å². The topological polar surface area (TPSA) is 75.9 Å². The Labute approximate surface area is 105 Å². The summed E-state index contributed by atoms with van der Waals surface area (Å²) in [4.78, 5) is 9.30. The quantitative estimate of drug-likeness (QED) is 0.596. The average molecular weight is 300 g/mol. The molecule has 0 atom stereocenters. The van der Waals surface area contributed by atoms with Crippen molar-refractivity contribution in [1.82, 2.24) is 9.97 Å². The minimum atomic E-state index is 0.398. The number of nitrogens with two attached hydrogens (primary N) is 1. The standard InChI is InChI=1S/C9H10BrN5S/c10-6-2-4-16-7(6)5-13-8-1-3-12-9(14-8)15-11/h1-4H,5,11H2,(H2,12,13,14,15). The molecule has 4 N–H and O–H groups in total. The lowest BCUT2D eigenvalue weighted by atomic mass is 10.4. The number of halogens is 1. The monoisotopic (exact) mass is 299 g/mol. The lowest BCUT2D eigenvalue weighted by molar-refractivity contribution is 1.08. The Morgan fingerprint density at radius 1 is 1.44 bits per heavy atom. The van der Waals surface area contributed by atoms with E-state index in [0.717, 1.165) is 16.8 Å². The van der Waals surface area contributed by atoms with Gasteiger partial charge in [0.25, 0.3) is 0 Å². The van der Waals surface area contributed by atoms with Crippen molar-refractivity contribution in [3.8, 4) is 0 Å². The predicted molar refractivity (Wildman–Crippen MR) is 69.2 cm³/mol. The fourth-order valence-corrected chi connectivity index (χ4v) is 2.58. The second-order valence-electron chi connectivity index (χ2n) is 2.96. The molecule has 2 rings (SSSR count). The van der Waals surface area contributed by atoms with Crippen molar-refractivity contribution < 1.29 is 0 Å². The average Bonchev–Trinajstić information content (AvgIpc) is 2.72. The zero-order chi connectivity index (χ0) is 11.4. The summed E-state index contributed by atoms with van der Waals surface area (Å²) in [6, 6.07) is 3.82. The van der Waals surface area contributed by atoms with Gasteiger partial charge in [-0.15, -0.1) is 11.3 Å². The Hall–Kier alpha value is -1.18. The van der Waals surface area contributed by atoms with Gasteiger partial charge in [0.15, 0.2) is 0 Å².